The summed E-state index contributed by atoms with van der Waals surface area (Å²) < 4.78 is 1.84. The van der Waals surface area contributed by atoms with Gasteiger partial charge in [0.2, 0.25) is 0 Å². The summed E-state index contributed by atoms with van der Waals surface area (Å²) in [5.41, 5.74) is 2.28. The number of hydrogen-bond donors (Lipinski definition) is 0. The smallest absolute Gasteiger partial charge is 0.0920 e. The van der Waals surface area contributed by atoms with Crippen molar-refractivity contribution >= 4 is 12.2 Å². The molecule has 2 nitrogen and oxygen atoms in total. The molecule has 0 atom stereocenters. The number of aryl methyl sites for hydroxylation is 1. The fraction of sp³-hybridized carbons (Fsp3) is 0.222. The van der Waals surface area contributed by atoms with E-state index in [2.05, 4.69) is 29.4 Å². The summed E-state index contributed by atoms with van der Waals surface area (Å²) in [7, 11) is 1.94. The molecule has 1 heterocycles. The molecule has 0 bridgehead atoms. The van der Waals surface area contributed by atoms with Crippen molar-refractivity contribution in [2.75, 3.05) is 0 Å². The van der Waals surface area contributed by atoms with Crippen molar-refractivity contribution in [3.05, 3.63) is 29.6 Å². The number of rotatable bonds is 0. The Balaban J connectivity index is 2.56. The average Bonchev–Trinajstić information content (AvgIpc) is 2.17. The Hall–Kier alpha value is -1.31. The third-order valence-electron chi connectivity index (χ3n) is 1.73. The van der Waals surface area contributed by atoms with Gasteiger partial charge in [-0.05, 0) is 12.5 Å². The van der Waals surface area contributed by atoms with Crippen LogP contribution in [0.1, 0.15) is 17.7 Å². The highest BCUT2D eigenvalue weighted by Gasteiger charge is 2.01. The van der Waals surface area contributed by atoms with E-state index in [4.69, 9.17) is 0 Å². The molecule has 0 saturated carbocycles. The molecule has 0 fully saturated rings. The summed E-state index contributed by atoms with van der Waals surface area (Å²) in [5.74, 6) is 0. The van der Waals surface area contributed by atoms with Crippen molar-refractivity contribution in [1.82, 2.24) is 9.78 Å². The third kappa shape index (κ3) is 1.11. The summed E-state index contributed by atoms with van der Waals surface area (Å²) >= 11 is 0. The van der Waals surface area contributed by atoms with Gasteiger partial charge in [0.1, 0.15) is 0 Å². The van der Waals surface area contributed by atoms with Crippen LogP contribution >= 0.6 is 0 Å². The lowest BCUT2D eigenvalue weighted by Gasteiger charge is -1.83. The SMILES string of the molecule is Cn1cc2c(n1)C=CCC=C2. The van der Waals surface area contributed by atoms with Crippen LogP contribution in [-0.4, -0.2) is 9.78 Å². The molecule has 1 aromatic heterocycles. The van der Waals surface area contributed by atoms with E-state index in [1.54, 1.807) is 0 Å². The Morgan fingerprint density at radius 1 is 1.36 bits per heavy atom. The van der Waals surface area contributed by atoms with Crippen LogP contribution in [0.25, 0.3) is 12.2 Å². The highest BCUT2D eigenvalue weighted by molar-refractivity contribution is 5.63. The lowest BCUT2D eigenvalue weighted by atomic mass is 10.2. The Labute approximate surface area is 65.8 Å². The van der Waals surface area contributed by atoms with Crippen LogP contribution in [-0.2, 0) is 7.05 Å². The lowest BCUT2D eigenvalue weighted by molar-refractivity contribution is 0.764. The highest BCUT2D eigenvalue weighted by Crippen LogP contribution is 2.14. The minimum Gasteiger partial charge on any atom is -0.275 e. The summed E-state index contributed by atoms with van der Waals surface area (Å²) in [4.78, 5) is 0. The van der Waals surface area contributed by atoms with E-state index in [0.29, 0.717) is 0 Å². The van der Waals surface area contributed by atoms with Crippen molar-refractivity contribution < 1.29 is 0 Å². The van der Waals surface area contributed by atoms with Crippen LogP contribution in [0.2, 0.25) is 0 Å². The second kappa shape index (κ2) is 2.38. The Kier molecular flexibility index (Phi) is 1.39. The summed E-state index contributed by atoms with van der Waals surface area (Å²) in [6, 6.07) is 0. The Morgan fingerprint density at radius 2 is 2.18 bits per heavy atom. The van der Waals surface area contributed by atoms with Crippen LogP contribution in [0.15, 0.2) is 18.3 Å². The number of allylic oxidation sites excluding steroid dienone is 2. The molecular weight excluding hydrogens is 136 g/mol. The lowest BCUT2D eigenvalue weighted by Crippen LogP contribution is -1.86. The first-order valence-electron chi connectivity index (χ1n) is 3.73. The second-order valence-corrected chi connectivity index (χ2v) is 2.68. The average molecular weight is 146 g/mol. The molecule has 0 saturated heterocycles. The van der Waals surface area contributed by atoms with E-state index < -0.39 is 0 Å². The van der Waals surface area contributed by atoms with E-state index >= 15 is 0 Å². The van der Waals surface area contributed by atoms with Gasteiger partial charge in [0.15, 0.2) is 0 Å². The summed E-state index contributed by atoms with van der Waals surface area (Å²) in [6.07, 6.45) is 11.5. The zero-order chi connectivity index (χ0) is 7.68. The molecule has 2 heteroatoms. The third-order valence-corrected chi connectivity index (χ3v) is 1.73. The van der Waals surface area contributed by atoms with Gasteiger partial charge in [0.25, 0.3) is 0 Å². The molecule has 0 aromatic carbocycles. The van der Waals surface area contributed by atoms with Crippen molar-refractivity contribution in [2.45, 2.75) is 6.42 Å². The topological polar surface area (TPSA) is 17.8 Å². The van der Waals surface area contributed by atoms with Crippen molar-refractivity contribution in [1.29, 1.82) is 0 Å². The monoisotopic (exact) mass is 146 g/mol. The summed E-state index contributed by atoms with van der Waals surface area (Å²) in [5, 5.41) is 4.29. The van der Waals surface area contributed by atoms with Gasteiger partial charge in [0.05, 0.1) is 5.69 Å². The number of nitrogens with zero attached hydrogens (tertiary/aromatic N) is 2. The highest BCUT2D eigenvalue weighted by atomic mass is 15.2. The second-order valence-electron chi connectivity index (χ2n) is 2.68. The van der Waals surface area contributed by atoms with Gasteiger partial charge in [0, 0.05) is 18.8 Å². The van der Waals surface area contributed by atoms with Crippen LogP contribution in [0.5, 0.6) is 0 Å². The zero-order valence-electron chi connectivity index (χ0n) is 6.49. The van der Waals surface area contributed by atoms with Gasteiger partial charge in [-0.1, -0.05) is 18.2 Å². The maximum atomic E-state index is 4.29. The fourth-order valence-corrected chi connectivity index (χ4v) is 1.24. The van der Waals surface area contributed by atoms with Gasteiger partial charge in [-0.2, -0.15) is 5.10 Å². The van der Waals surface area contributed by atoms with E-state index in [-0.39, 0.29) is 0 Å². The quantitative estimate of drug-likeness (QED) is 0.546. The molecule has 1 aromatic rings. The molecule has 56 valence electrons. The maximum absolute atomic E-state index is 4.29. The standard InChI is InChI=1S/C9H10N2/c1-11-7-8-5-3-2-4-6-9(8)10-11/h3-7H,2H2,1H3. The molecule has 0 radical (unpaired) electrons. The van der Waals surface area contributed by atoms with Gasteiger partial charge >= 0.3 is 0 Å². The molecule has 1 aliphatic rings. The van der Waals surface area contributed by atoms with Crippen LogP contribution in [0, 0.1) is 0 Å². The molecule has 0 unspecified atom stereocenters. The predicted molar refractivity (Wildman–Crippen MR) is 45.9 cm³/mol. The van der Waals surface area contributed by atoms with Gasteiger partial charge < -0.3 is 0 Å². The van der Waals surface area contributed by atoms with E-state index in [1.807, 2.05) is 17.9 Å². The van der Waals surface area contributed by atoms with Crippen LogP contribution in [0.4, 0.5) is 0 Å². The van der Waals surface area contributed by atoms with Crippen molar-refractivity contribution in [2.24, 2.45) is 7.05 Å². The van der Waals surface area contributed by atoms with Crippen molar-refractivity contribution in [3.63, 3.8) is 0 Å². The molecule has 0 spiro atoms. The fourth-order valence-electron chi connectivity index (χ4n) is 1.24. The van der Waals surface area contributed by atoms with Crippen LogP contribution in [0.3, 0.4) is 0 Å². The first-order valence-corrected chi connectivity index (χ1v) is 3.73. The minimum atomic E-state index is 1.01. The normalized spacial score (nSPS) is 14.6. The number of fused-ring (bicyclic) bond motifs is 1. The summed E-state index contributed by atoms with van der Waals surface area (Å²) in [6.45, 7) is 0. The molecule has 0 amide bonds. The van der Waals surface area contributed by atoms with E-state index in [9.17, 15) is 0 Å². The largest absolute Gasteiger partial charge is 0.275 e. The molecular formula is C9H10N2. The first kappa shape index (κ1) is 6.40. The van der Waals surface area contributed by atoms with E-state index in [0.717, 1.165) is 12.1 Å². The van der Waals surface area contributed by atoms with Gasteiger partial charge in [-0.25, -0.2) is 0 Å². The molecule has 0 N–H and O–H groups in total. The molecule has 1 aliphatic carbocycles. The maximum Gasteiger partial charge on any atom is 0.0920 e. The number of aromatic nitrogens is 2. The van der Waals surface area contributed by atoms with Gasteiger partial charge in [-0.15, -0.1) is 0 Å². The Morgan fingerprint density at radius 3 is 3.09 bits per heavy atom. The van der Waals surface area contributed by atoms with Crippen LogP contribution < -0.4 is 0 Å². The number of hydrogen-bond acceptors (Lipinski definition) is 1. The van der Waals surface area contributed by atoms with E-state index in [1.165, 1.54) is 5.56 Å². The minimum absolute atomic E-state index is 1.01. The molecule has 11 heavy (non-hydrogen) atoms. The Bertz CT molecular complexity index is 289. The molecule has 0 aliphatic heterocycles. The zero-order valence-corrected chi connectivity index (χ0v) is 6.49. The molecule has 2 rings (SSSR count). The van der Waals surface area contributed by atoms with Gasteiger partial charge in [-0.3, -0.25) is 4.68 Å². The first-order chi connectivity index (χ1) is 5.36. The van der Waals surface area contributed by atoms with Crippen molar-refractivity contribution in [3.8, 4) is 0 Å². The predicted octanol–water partition coefficient (Wildman–Crippen LogP) is 1.85.